The van der Waals surface area contributed by atoms with Crippen LogP contribution >= 0.6 is 11.3 Å². The van der Waals surface area contributed by atoms with Crippen molar-refractivity contribution in [3.63, 3.8) is 0 Å². The lowest BCUT2D eigenvalue weighted by molar-refractivity contribution is -0.121. The zero-order valence-corrected chi connectivity index (χ0v) is 16.9. The molecule has 0 spiro atoms. The molecule has 29 heavy (non-hydrogen) atoms. The highest BCUT2D eigenvalue weighted by atomic mass is 32.1. The van der Waals surface area contributed by atoms with Gasteiger partial charge in [-0.1, -0.05) is 18.2 Å². The van der Waals surface area contributed by atoms with Crippen LogP contribution in [0, 0.1) is 0 Å². The highest BCUT2D eigenvalue weighted by Gasteiger charge is 2.24. The molecule has 1 saturated heterocycles. The molecule has 4 rings (SSSR count). The molecule has 1 amide bonds. The standard InChI is InChI=1S/C21H24N4O3S/c26-19(22-14-17(18-8-5-13-29-18)24-10-3-4-11-24)9-12-25-16-7-2-1-6-15(16)20(27)23-21(25)28/h1-2,5-8,13,17H,3-4,9-12,14H2,(H,22,26)(H,23,27,28)/t17-/m0/s1. The number of likely N-dealkylation sites (tertiary alicyclic amines) is 1. The summed E-state index contributed by atoms with van der Waals surface area (Å²) in [5.41, 5.74) is -0.353. The number of aromatic amines is 1. The van der Waals surface area contributed by atoms with Crippen molar-refractivity contribution in [2.45, 2.75) is 31.8 Å². The predicted molar refractivity (Wildman–Crippen MR) is 114 cm³/mol. The lowest BCUT2D eigenvalue weighted by Gasteiger charge is -2.27. The number of thiophene rings is 1. The SMILES string of the molecule is O=C(CCn1c(=O)[nH]c(=O)c2ccccc21)NC[C@@H](c1cccs1)N1CCCC1. The third kappa shape index (κ3) is 4.33. The maximum Gasteiger partial charge on any atom is 0.328 e. The minimum atomic E-state index is -0.491. The summed E-state index contributed by atoms with van der Waals surface area (Å²) in [6.07, 6.45) is 2.56. The molecular weight excluding hydrogens is 388 g/mol. The number of rotatable bonds is 7. The molecule has 0 bridgehead atoms. The Morgan fingerprint density at radius 3 is 2.69 bits per heavy atom. The normalized spacial score (nSPS) is 15.6. The van der Waals surface area contributed by atoms with Crippen molar-refractivity contribution in [3.05, 3.63) is 67.5 Å². The van der Waals surface area contributed by atoms with Crippen LogP contribution in [-0.2, 0) is 11.3 Å². The van der Waals surface area contributed by atoms with Crippen LogP contribution in [0.3, 0.4) is 0 Å². The Balaban J connectivity index is 1.42. The van der Waals surface area contributed by atoms with Gasteiger partial charge in [0.1, 0.15) is 0 Å². The van der Waals surface area contributed by atoms with E-state index in [-0.39, 0.29) is 24.9 Å². The summed E-state index contributed by atoms with van der Waals surface area (Å²) in [4.78, 5) is 42.7. The van der Waals surface area contributed by atoms with Crippen LogP contribution in [0.4, 0.5) is 0 Å². The number of hydrogen-bond acceptors (Lipinski definition) is 5. The zero-order chi connectivity index (χ0) is 20.2. The van der Waals surface area contributed by atoms with Gasteiger partial charge in [-0.2, -0.15) is 0 Å². The summed E-state index contributed by atoms with van der Waals surface area (Å²) in [7, 11) is 0. The van der Waals surface area contributed by atoms with E-state index in [2.05, 4.69) is 26.6 Å². The lowest BCUT2D eigenvalue weighted by atomic mass is 10.2. The largest absolute Gasteiger partial charge is 0.354 e. The van der Waals surface area contributed by atoms with Gasteiger partial charge in [0, 0.05) is 24.4 Å². The number of benzene rings is 1. The van der Waals surface area contributed by atoms with Crippen molar-refractivity contribution in [3.8, 4) is 0 Å². The number of para-hydroxylation sites is 1. The fourth-order valence-electron chi connectivity index (χ4n) is 3.92. The molecule has 1 aliphatic rings. The maximum atomic E-state index is 12.5. The van der Waals surface area contributed by atoms with E-state index in [0.717, 1.165) is 13.1 Å². The molecule has 0 unspecified atom stereocenters. The molecular formula is C21H24N4O3S. The first-order valence-corrected chi connectivity index (χ1v) is 10.8. The Labute approximate surface area is 172 Å². The molecule has 0 saturated carbocycles. The summed E-state index contributed by atoms with van der Waals surface area (Å²) >= 11 is 1.71. The van der Waals surface area contributed by atoms with Gasteiger partial charge in [0.2, 0.25) is 5.91 Å². The summed E-state index contributed by atoms with van der Waals surface area (Å²) in [5.74, 6) is -0.104. The van der Waals surface area contributed by atoms with E-state index in [1.807, 2.05) is 6.07 Å². The Morgan fingerprint density at radius 2 is 1.93 bits per heavy atom. The number of aryl methyl sites for hydroxylation is 1. The Kier molecular flexibility index (Phi) is 5.92. The molecule has 0 aliphatic carbocycles. The minimum absolute atomic E-state index is 0.104. The van der Waals surface area contributed by atoms with Crippen molar-refractivity contribution < 1.29 is 4.79 Å². The first-order chi connectivity index (χ1) is 14.1. The Morgan fingerprint density at radius 1 is 1.14 bits per heavy atom. The summed E-state index contributed by atoms with van der Waals surface area (Å²) in [6, 6.07) is 11.3. The van der Waals surface area contributed by atoms with Gasteiger partial charge < -0.3 is 5.32 Å². The van der Waals surface area contributed by atoms with Crippen molar-refractivity contribution >= 4 is 28.1 Å². The minimum Gasteiger partial charge on any atom is -0.354 e. The molecule has 1 aromatic carbocycles. The average molecular weight is 413 g/mol. The summed E-state index contributed by atoms with van der Waals surface area (Å²) in [6.45, 7) is 2.88. The van der Waals surface area contributed by atoms with E-state index in [1.54, 1.807) is 35.6 Å². The van der Waals surface area contributed by atoms with Crippen molar-refractivity contribution in [1.82, 2.24) is 19.8 Å². The van der Waals surface area contributed by atoms with Crippen LogP contribution in [0.15, 0.2) is 51.4 Å². The monoisotopic (exact) mass is 412 g/mol. The van der Waals surface area contributed by atoms with Gasteiger partial charge in [0.25, 0.3) is 5.56 Å². The van der Waals surface area contributed by atoms with Crippen LogP contribution in [0.2, 0.25) is 0 Å². The van der Waals surface area contributed by atoms with E-state index in [1.165, 1.54) is 22.3 Å². The van der Waals surface area contributed by atoms with Crippen molar-refractivity contribution in [1.29, 1.82) is 0 Å². The third-order valence-electron chi connectivity index (χ3n) is 5.41. The number of carbonyl (C=O) groups excluding carboxylic acids is 1. The lowest BCUT2D eigenvalue weighted by Crippen LogP contribution is -2.37. The third-order valence-corrected chi connectivity index (χ3v) is 6.39. The fraction of sp³-hybridized carbons (Fsp3) is 0.381. The van der Waals surface area contributed by atoms with Gasteiger partial charge in [-0.3, -0.25) is 24.0 Å². The van der Waals surface area contributed by atoms with Crippen LogP contribution in [0.5, 0.6) is 0 Å². The highest BCUT2D eigenvalue weighted by Crippen LogP contribution is 2.27. The second-order valence-electron chi connectivity index (χ2n) is 7.26. The number of hydrogen-bond donors (Lipinski definition) is 2. The van der Waals surface area contributed by atoms with E-state index in [4.69, 9.17) is 0 Å². The van der Waals surface area contributed by atoms with Crippen molar-refractivity contribution in [2.24, 2.45) is 0 Å². The van der Waals surface area contributed by atoms with E-state index < -0.39 is 11.2 Å². The van der Waals surface area contributed by atoms with Gasteiger partial charge in [0.15, 0.2) is 0 Å². The molecule has 0 radical (unpaired) electrons. The number of carbonyl (C=O) groups is 1. The van der Waals surface area contributed by atoms with E-state index >= 15 is 0 Å². The second kappa shape index (κ2) is 8.75. The quantitative estimate of drug-likeness (QED) is 0.622. The number of nitrogens with one attached hydrogen (secondary N) is 2. The van der Waals surface area contributed by atoms with Crippen molar-refractivity contribution in [2.75, 3.05) is 19.6 Å². The number of nitrogens with zero attached hydrogens (tertiary/aromatic N) is 2. The number of aromatic nitrogens is 2. The summed E-state index contributed by atoms with van der Waals surface area (Å²) in [5, 5.41) is 5.54. The zero-order valence-electron chi connectivity index (χ0n) is 16.1. The van der Waals surface area contributed by atoms with Gasteiger partial charge in [-0.25, -0.2) is 4.79 Å². The Bertz CT molecular complexity index is 1100. The topological polar surface area (TPSA) is 87.2 Å². The second-order valence-corrected chi connectivity index (χ2v) is 8.24. The van der Waals surface area contributed by atoms with Gasteiger partial charge in [0.05, 0.1) is 16.9 Å². The highest BCUT2D eigenvalue weighted by molar-refractivity contribution is 7.10. The molecule has 1 atom stereocenters. The molecule has 1 aliphatic heterocycles. The molecule has 2 aromatic heterocycles. The smallest absolute Gasteiger partial charge is 0.328 e. The molecule has 152 valence electrons. The van der Waals surface area contributed by atoms with Gasteiger partial charge >= 0.3 is 5.69 Å². The number of fused-ring (bicyclic) bond motifs is 1. The first kappa shape index (κ1) is 19.6. The van der Waals surface area contributed by atoms with Gasteiger partial charge in [-0.15, -0.1) is 11.3 Å². The average Bonchev–Trinajstić information content (AvgIpc) is 3.43. The molecule has 7 nitrogen and oxygen atoms in total. The van der Waals surface area contributed by atoms with Crippen LogP contribution in [0.1, 0.15) is 30.2 Å². The van der Waals surface area contributed by atoms with Gasteiger partial charge in [-0.05, 0) is 49.5 Å². The number of amides is 1. The molecule has 3 aromatic rings. The fourth-order valence-corrected chi connectivity index (χ4v) is 4.78. The number of H-pyrrole nitrogens is 1. The summed E-state index contributed by atoms with van der Waals surface area (Å²) < 4.78 is 1.45. The molecule has 8 heteroatoms. The Hall–Kier alpha value is -2.71. The van der Waals surface area contributed by atoms with Crippen LogP contribution in [0.25, 0.3) is 10.9 Å². The van der Waals surface area contributed by atoms with Crippen LogP contribution < -0.4 is 16.6 Å². The predicted octanol–water partition coefficient (Wildman–Crippen LogP) is 2.09. The molecule has 1 fully saturated rings. The van der Waals surface area contributed by atoms with Crippen LogP contribution in [-0.4, -0.2) is 40.0 Å². The maximum absolute atomic E-state index is 12.5. The first-order valence-electron chi connectivity index (χ1n) is 9.89. The van der Waals surface area contributed by atoms with E-state index in [0.29, 0.717) is 17.4 Å². The molecule has 2 N–H and O–H groups in total. The van der Waals surface area contributed by atoms with E-state index in [9.17, 15) is 14.4 Å². The molecule has 3 heterocycles.